The lowest BCUT2D eigenvalue weighted by molar-refractivity contribution is -0.122. The maximum Gasteiger partial charge on any atom is 0.244 e. The van der Waals surface area contributed by atoms with Crippen LogP contribution in [0.5, 0.6) is 0 Å². The molecule has 0 bridgehead atoms. The topological polar surface area (TPSA) is 66.5 Å². The van der Waals surface area contributed by atoms with Gasteiger partial charge in [-0.05, 0) is 74.8 Å². The molecule has 0 fully saturated rings. The fraction of sp³-hybridized carbons (Fsp3) is 0.458. The molecule has 0 aliphatic heterocycles. The summed E-state index contributed by atoms with van der Waals surface area (Å²) in [7, 11) is -3.63. The SMILES string of the molecule is CC[C@H](C(=O)N[C@H](C)c1ccc2c(c1)CCCC2)N(c1ccc(C)cc1)S(C)(=O)=O. The minimum absolute atomic E-state index is 0.196. The molecule has 162 valence electrons. The van der Waals surface area contributed by atoms with Crippen molar-refractivity contribution < 1.29 is 13.2 Å². The van der Waals surface area contributed by atoms with Gasteiger partial charge >= 0.3 is 0 Å². The van der Waals surface area contributed by atoms with E-state index in [0.717, 1.165) is 30.2 Å². The Labute approximate surface area is 180 Å². The highest BCUT2D eigenvalue weighted by Gasteiger charge is 2.32. The Hall–Kier alpha value is -2.34. The van der Waals surface area contributed by atoms with Crippen LogP contribution in [0.4, 0.5) is 5.69 Å². The number of amides is 1. The van der Waals surface area contributed by atoms with Gasteiger partial charge in [0.1, 0.15) is 6.04 Å². The maximum atomic E-state index is 13.2. The van der Waals surface area contributed by atoms with Crippen LogP contribution in [0.1, 0.15) is 61.4 Å². The van der Waals surface area contributed by atoms with Gasteiger partial charge in [0.15, 0.2) is 0 Å². The van der Waals surface area contributed by atoms with Crippen LogP contribution in [0.3, 0.4) is 0 Å². The molecule has 0 unspecified atom stereocenters. The molecular formula is C24H32N2O3S. The smallest absolute Gasteiger partial charge is 0.244 e. The second-order valence-electron chi connectivity index (χ2n) is 8.28. The van der Waals surface area contributed by atoms with Gasteiger partial charge in [-0.3, -0.25) is 9.10 Å². The molecule has 5 nitrogen and oxygen atoms in total. The molecule has 0 spiro atoms. The van der Waals surface area contributed by atoms with Gasteiger partial charge < -0.3 is 5.32 Å². The Morgan fingerprint density at radius 1 is 1.07 bits per heavy atom. The molecule has 3 rings (SSSR count). The molecule has 2 aromatic rings. The summed E-state index contributed by atoms with van der Waals surface area (Å²) in [6.07, 6.45) is 6.16. The Kier molecular flexibility index (Phi) is 6.86. The number of aryl methyl sites for hydroxylation is 3. The number of carbonyl (C=O) groups excluding carboxylic acids is 1. The van der Waals surface area contributed by atoms with Gasteiger partial charge in [0.25, 0.3) is 0 Å². The molecule has 0 saturated carbocycles. The summed E-state index contributed by atoms with van der Waals surface area (Å²) in [5.74, 6) is -0.284. The lowest BCUT2D eigenvalue weighted by Crippen LogP contribution is -2.49. The Morgan fingerprint density at radius 2 is 1.70 bits per heavy atom. The standard InChI is InChI=1S/C24H32N2O3S/c1-5-23(26(30(4,28)29)22-14-10-17(2)11-15-22)24(27)25-18(3)20-13-12-19-8-6-7-9-21(19)16-20/h10-16,18,23H,5-9H2,1-4H3,(H,25,27)/t18-,23-/m1/s1. The summed E-state index contributed by atoms with van der Waals surface area (Å²) < 4.78 is 26.4. The highest BCUT2D eigenvalue weighted by molar-refractivity contribution is 7.92. The number of rotatable bonds is 7. The number of anilines is 1. The lowest BCUT2D eigenvalue weighted by Gasteiger charge is -2.31. The highest BCUT2D eigenvalue weighted by atomic mass is 32.2. The molecule has 6 heteroatoms. The Morgan fingerprint density at radius 3 is 2.30 bits per heavy atom. The monoisotopic (exact) mass is 428 g/mol. The average Bonchev–Trinajstić information content (AvgIpc) is 2.71. The van der Waals surface area contributed by atoms with Gasteiger partial charge in [0, 0.05) is 0 Å². The first kappa shape index (κ1) is 22.3. The van der Waals surface area contributed by atoms with Crippen LogP contribution in [0, 0.1) is 6.92 Å². The van der Waals surface area contributed by atoms with Crippen LogP contribution in [-0.2, 0) is 27.7 Å². The fourth-order valence-corrected chi connectivity index (χ4v) is 5.38. The van der Waals surface area contributed by atoms with Crippen LogP contribution < -0.4 is 9.62 Å². The summed E-state index contributed by atoms with van der Waals surface area (Å²) >= 11 is 0. The summed E-state index contributed by atoms with van der Waals surface area (Å²) in [5, 5.41) is 3.04. The molecule has 1 N–H and O–H groups in total. The predicted octanol–water partition coefficient (Wildman–Crippen LogP) is 4.30. The van der Waals surface area contributed by atoms with Crippen LogP contribution in [-0.4, -0.2) is 26.6 Å². The van der Waals surface area contributed by atoms with Crippen molar-refractivity contribution in [3.8, 4) is 0 Å². The number of nitrogens with zero attached hydrogens (tertiary/aromatic N) is 1. The van der Waals surface area contributed by atoms with Crippen molar-refractivity contribution in [2.45, 2.75) is 65.0 Å². The van der Waals surface area contributed by atoms with Crippen molar-refractivity contribution in [2.75, 3.05) is 10.6 Å². The second kappa shape index (κ2) is 9.21. The van der Waals surface area contributed by atoms with Crippen LogP contribution in [0.25, 0.3) is 0 Å². The van der Waals surface area contributed by atoms with E-state index in [1.54, 1.807) is 12.1 Å². The largest absolute Gasteiger partial charge is 0.348 e. The number of carbonyl (C=O) groups is 1. The van der Waals surface area contributed by atoms with Gasteiger partial charge in [-0.2, -0.15) is 0 Å². The van der Waals surface area contributed by atoms with E-state index in [9.17, 15) is 13.2 Å². The van der Waals surface area contributed by atoms with E-state index >= 15 is 0 Å². The average molecular weight is 429 g/mol. The van der Waals surface area contributed by atoms with E-state index in [-0.39, 0.29) is 11.9 Å². The molecule has 1 aliphatic carbocycles. The highest BCUT2D eigenvalue weighted by Crippen LogP contribution is 2.26. The predicted molar refractivity (Wildman–Crippen MR) is 122 cm³/mol. The van der Waals surface area contributed by atoms with Crippen LogP contribution >= 0.6 is 0 Å². The quantitative estimate of drug-likeness (QED) is 0.715. The zero-order chi connectivity index (χ0) is 21.9. The minimum Gasteiger partial charge on any atom is -0.348 e. The molecule has 30 heavy (non-hydrogen) atoms. The molecule has 1 aliphatic rings. The maximum absolute atomic E-state index is 13.2. The first-order valence-corrected chi connectivity index (χ1v) is 12.5. The van der Waals surface area contributed by atoms with Crippen molar-refractivity contribution in [3.63, 3.8) is 0 Å². The third-order valence-electron chi connectivity index (χ3n) is 5.85. The molecule has 0 heterocycles. The summed E-state index contributed by atoms with van der Waals surface area (Å²) in [6.45, 7) is 5.73. The van der Waals surface area contributed by atoms with Crippen molar-refractivity contribution >= 4 is 21.6 Å². The second-order valence-corrected chi connectivity index (χ2v) is 10.1. The van der Waals surface area contributed by atoms with Gasteiger partial charge in [0.2, 0.25) is 15.9 Å². The summed E-state index contributed by atoms with van der Waals surface area (Å²) in [5.41, 5.74) is 5.36. The summed E-state index contributed by atoms with van der Waals surface area (Å²) in [6, 6.07) is 12.6. The van der Waals surface area contributed by atoms with E-state index in [2.05, 4.69) is 23.5 Å². The molecule has 0 saturated heterocycles. The number of nitrogens with one attached hydrogen (secondary N) is 1. The van der Waals surface area contributed by atoms with Gasteiger partial charge in [-0.1, -0.05) is 42.8 Å². The fourth-order valence-electron chi connectivity index (χ4n) is 4.17. The molecule has 1 amide bonds. The normalized spacial score (nSPS) is 15.7. The van der Waals surface area contributed by atoms with Crippen molar-refractivity contribution in [1.82, 2.24) is 5.32 Å². The number of fused-ring (bicyclic) bond motifs is 1. The molecular weight excluding hydrogens is 396 g/mol. The summed E-state index contributed by atoms with van der Waals surface area (Å²) in [4.78, 5) is 13.2. The van der Waals surface area contributed by atoms with Crippen LogP contribution in [0.2, 0.25) is 0 Å². The van der Waals surface area contributed by atoms with Crippen molar-refractivity contribution in [3.05, 3.63) is 64.7 Å². The van der Waals surface area contributed by atoms with Crippen LogP contribution in [0.15, 0.2) is 42.5 Å². The zero-order valence-electron chi connectivity index (χ0n) is 18.3. The molecule has 0 radical (unpaired) electrons. The lowest BCUT2D eigenvalue weighted by atomic mass is 9.89. The van der Waals surface area contributed by atoms with Gasteiger partial charge in [-0.15, -0.1) is 0 Å². The van der Waals surface area contributed by atoms with Crippen molar-refractivity contribution in [2.24, 2.45) is 0 Å². The van der Waals surface area contributed by atoms with Gasteiger partial charge in [-0.25, -0.2) is 8.42 Å². The Balaban J connectivity index is 1.82. The van der Waals surface area contributed by atoms with E-state index in [1.165, 1.54) is 28.3 Å². The minimum atomic E-state index is -3.63. The first-order chi connectivity index (χ1) is 14.2. The molecule has 2 aromatic carbocycles. The third-order valence-corrected chi connectivity index (χ3v) is 7.03. The first-order valence-electron chi connectivity index (χ1n) is 10.7. The van der Waals surface area contributed by atoms with E-state index in [0.29, 0.717) is 12.1 Å². The van der Waals surface area contributed by atoms with Crippen molar-refractivity contribution in [1.29, 1.82) is 0 Å². The number of sulfonamides is 1. The number of hydrogen-bond acceptors (Lipinski definition) is 3. The third kappa shape index (κ3) is 5.04. The van der Waals surface area contributed by atoms with Gasteiger partial charge in [0.05, 0.1) is 18.0 Å². The molecule has 2 atom stereocenters. The van der Waals surface area contributed by atoms with E-state index < -0.39 is 16.1 Å². The number of benzene rings is 2. The van der Waals surface area contributed by atoms with E-state index in [1.807, 2.05) is 32.9 Å². The molecule has 0 aromatic heterocycles. The Bertz CT molecular complexity index is 1000. The zero-order valence-corrected chi connectivity index (χ0v) is 19.1. The van der Waals surface area contributed by atoms with E-state index in [4.69, 9.17) is 0 Å². The number of hydrogen-bond donors (Lipinski definition) is 1.